The molecule has 1 atom stereocenters. The minimum absolute atomic E-state index is 0.130. The summed E-state index contributed by atoms with van der Waals surface area (Å²) in [5.41, 5.74) is 3.39. The van der Waals surface area contributed by atoms with Gasteiger partial charge in [0.15, 0.2) is 5.11 Å². The Morgan fingerprint density at radius 1 is 1.15 bits per heavy atom. The maximum absolute atomic E-state index is 12.9. The largest absolute Gasteiger partial charge is 0.497 e. The molecule has 1 unspecified atom stereocenters. The smallest absolute Gasteiger partial charge is 0.251 e. The quantitative estimate of drug-likeness (QED) is 0.710. The van der Waals surface area contributed by atoms with Crippen molar-refractivity contribution in [3.05, 3.63) is 77.0 Å². The van der Waals surface area contributed by atoms with Crippen molar-refractivity contribution in [2.75, 3.05) is 7.11 Å². The Bertz CT molecular complexity index is 832. The minimum atomic E-state index is -0.277. The number of thiocarbonyl (C=S) groups is 1. The lowest BCUT2D eigenvalue weighted by Crippen LogP contribution is -2.46. The summed E-state index contributed by atoms with van der Waals surface area (Å²) in [6, 6.07) is 17.1. The van der Waals surface area contributed by atoms with Crippen LogP contribution < -0.4 is 20.7 Å². The third kappa shape index (κ3) is 4.03. The van der Waals surface area contributed by atoms with Crippen molar-refractivity contribution in [1.82, 2.24) is 16.0 Å². The molecule has 1 amide bonds. The number of benzene rings is 2. The van der Waals surface area contributed by atoms with Gasteiger partial charge < -0.3 is 20.7 Å². The molecule has 1 aliphatic rings. The summed E-state index contributed by atoms with van der Waals surface area (Å²) in [5.74, 6) is 0.659. The van der Waals surface area contributed by atoms with E-state index in [0.717, 1.165) is 22.6 Å². The standard InChI is InChI=1S/C20H21N3O2S/c1-13-17(18(23-20(26)22-13)15-6-4-3-5-7-15)19(24)21-12-14-8-10-16(25-2)11-9-14/h3-11,18H,12H2,1-2H3,(H,21,24)(H2,22,23,26). The van der Waals surface area contributed by atoms with Gasteiger partial charge in [-0.05, 0) is 42.4 Å². The first kappa shape index (κ1) is 17.9. The molecule has 0 spiro atoms. The van der Waals surface area contributed by atoms with Crippen molar-refractivity contribution in [3.63, 3.8) is 0 Å². The molecule has 0 bridgehead atoms. The molecule has 134 valence electrons. The summed E-state index contributed by atoms with van der Waals surface area (Å²) in [6.07, 6.45) is 0. The van der Waals surface area contributed by atoms with E-state index in [2.05, 4.69) is 16.0 Å². The van der Waals surface area contributed by atoms with Crippen molar-refractivity contribution in [2.45, 2.75) is 19.5 Å². The molecule has 0 radical (unpaired) electrons. The van der Waals surface area contributed by atoms with E-state index in [4.69, 9.17) is 17.0 Å². The molecule has 5 nitrogen and oxygen atoms in total. The van der Waals surface area contributed by atoms with Crippen LogP contribution in [-0.4, -0.2) is 18.1 Å². The monoisotopic (exact) mass is 367 g/mol. The average molecular weight is 367 g/mol. The molecule has 2 aromatic rings. The highest BCUT2D eigenvalue weighted by Crippen LogP contribution is 2.26. The van der Waals surface area contributed by atoms with Crippen molar-refractivity contribution < 1.29 is 9.53 Å². The molecular weight excluding hydrogens is 346 g/mol. The number of allylic oxidation sites excluding steroid dienone is 1. The lowest BCUT2D eigenvalue weighted by Gasteiger charge is -2.30. The van der Waals surface area contributed by atoms with E-state index in [0.29, 0.717) is 17.2 Å². The summed E-state index contributed by atoms with van der Waals surface area (Å²) in [7, 11) is 1.63. The van der Waals surface area contributed by atoms with E-state index in [1.54, 1.807) is 7.11 Å². The van der Waals surface area contributed by atoms with E-state index in [9.17, 15) is 4.79 Å². The van der Waals surface area contributed by atoms with E-state index in [1.165, 1.54) is 0 Å². The Balaban J connectivity index is 1.78. The summed E-state index contributed by atoms with van der Waals surface area (Å²) in [5, 5.41) is 9.75. The molecule has 6 heteroatoms. The Morgan fingerprint density at radius 3 is 2.50 bits per heavy atom. The topological polar surface area (TPSA) is 62.4 Å². The summed E-state index contributed by atoms with van der Waals surface area (Å²) in [6.45, 7) is 2.30. The first-order valence-electron chi connectivity index (χ1n) is 8.33. The summed E-state index contributed by atoms with van der Waals surface area (Å²) in [4.78, 5) is 12.9. The average Bonchev–Trinajstić information content (AvgIpc) is 2.66. The van der Waals surface area contributed by atoms with Crippen LogP contribution in [-0.2, 0) is 11.3 Å². The van der Waals surface area contributed by atoms with E-state index >= 15 is 0 Å². The lowest BCUT2D eigenvalue weighted by atomic mass is 9.95. The number of methoxy groups -OCH3 is 1. The van der Waals surface area contributed by atoms with Gasteiger partial charge in [0.25, 0.3) is 5.91 Å². The first-order valence-corrected chi connectivity index (χ1v) is 8.73. The summed E-state index contributed by atoms with van der Waals surface area (Å²) < 4.78 is 5.15. The molecule has 3 rings (SSSR count). The second-order valence-corrected chi connectivity index (χ2v) is 6.42. The van der Waals surface area contributed by atoms with Crippen LogP contribution in [0.1, 0.15) is 24.1 Å². The first-order chi connectivity index (χ1) is 12.6. The predicted octanol–water partition coefficient (Wildman–Crippen LogP) is 2.80. The number of ether oxygens (including phenoxy) is 1. The van der Waals surface area contributed by atoms with Gasteiger partial charge in [0.2, 0.25) is 0 Å². The van der Waals surface area contributed by atoms with Gasteiger partial charge in [-0.3, -0.25) is 4.79 Å². The Hall–Kier alpha value is -2.86. The van der Waals surface area contributed by atoms with Gasteiger partial charge in [-0.1, -0.05) is 42.5 Å². The zero-order valence-corrected chi connectivity index (χ0v) is 15.5. The van der Waals surface area contributed by atoms with Gasteiger partial charge in [0, 0.05) is 12.2 Å². The highest BCUT2D eigenvalue weighted by molar-refractivity contribution is 7.80. The second-order valence-electron chi connectivity index (χ2n) is 6.01. The molecule has 2 aromatic carbocycles. The molecule has 0 aliphatic carbocycles. The Labute approximate surface area is 158 Å². The summed E-state index contributed by atoms with van der Waals surface area (Å²) >= 11 is 5.26. The molecule has 1 aliphatic heterocycles. The van der Waals surface area contributed by atoms with Gasteiger partial charge in [-0.15, -0.1) is 0 Å². The highest BCUT2D eigenvalue weighted by Gasteiger charge is 2.29. The molecule has 0 saturated heterocycles. The number of hydrogen-bond donors (Lipinski definition) is 3. The third-order valence-corrected chi connectivity index (χ3v) is 4.48. The van der Waals surface area contributed by atoms with E-state index < -0.39 is 0 Å². The fourth-order valence-electron chi connectivity index (χ4n) is 2.91. The zero-order chi connectivity index (χ0) is 18.5. The zero-order valence-electron chi connectivity index (χ0n) is 14.7. The predicted molar refractivity (Wildman–Crippen MR) is 106 cm³/mol. The molecule has 0 saturated carbocycles. The van der Waals surface area contributed by atoms with Crippen molar-refractivity contribution in [2.24, 2.45) is 0 Å². The van der Waals surface area contributed by atoms with Gasteiger partial charge >= 0.3 is 0 Å². The Kier molecular flexibility index (Phi) is 5.53. The second kappa shape index (κ2) is 8.01. The third-order valence-electron chi connectivity index (χ3n) is 4.26. The van der Waals surface area contributed by atoms with Crippen LogP contribution in [0.4, 0.5) is 0 Å². The van der Waals surface area contributed by atoms with Gasteiger partial charge in [-0.2, -0.15) is 0 Å². The molecule has 0 aromatic heterocycles. The minimum Gasteiger partial charge on any atom is -0.497 e. The fourth-order valence-corrected chi connectivity index (χ4v) is 3.18. The fraction of sp³-hybridized carbons (Fsp3) is 0.200. The maximum atomic E-state index is 12.9. The molecule has 3 N–H and O–H groups in total. The number of amides is 1. The van der Waals surface area contributed by atoms with Crippen LogP contribution in [0, 0.1) is 0 Å². The SMILES string of the molecule is COc1ccc(CNC(=O)C2=C(C)NC(=S)NC2c2ccccc2)cc1. The van der Waals surface area contributed by atoms with E-state index in [1.807, 2.05) is 61.5 Å². The number of hydrogen-bond acceptors (Lipinski definition) is 3. The number of carbonyl (C=O) groups excluding carboxylic acids is 1. The molecule has 26 heavy (non-hydrogen) atoms. The van der Waals surface area contributed by atoms with Crippen LogP contribution in [0.2, 0.25) is 0 Å². The number of rotatable bonds is 5. The lowest BCUT2D eigenvalue weighted by molar-refractivity contribution is -0.118. The van der Waals surface area contributed by atoms with Crippen LogP contribution in [0.15, 0.2) is 65.9 Å². The van der Waals surface area contributed by atoms with Gasteiger partial charge in [0.05, 0.1) is 18.7 Å². The van der Waals surface area contributed by atoms with Gasteiger partial charge in [0.1, 0.15) is 5.75 Å². The molecule has 1 heterocycles. The Morgan fingerprint density at radius 2 is 1.85 bits per heavy atom. The van der Waals surface area contributed by atoms with Crippen LogP contribution in [0.25, 0.3) is 0 Å². The van der Waals surface area contributed by atoms with Crippen LogP contribution in [0.5, 0.6) is 5.75 Å². The maximum Gasteiger partial charge on any atom is 0.251 e. The van der Waals surface area contributed by atoms with Crippen LogP contribution in [0.3, 0.4) is 0 Å². The van der Waals surface area contributed by atoms with Gasteiger partial charge in [-0.25, -0.2) is 0 Å². The normalized spacial score (nSPS) is 16.5. The van der Waals surface area contributed by atoms with Crippen LogP contribution >= 0.6 is 12.2 Å². The molecule has 0 fully saturated rings. The van der Waals surface area contributed by atoms with E-state index in [-0.39, 0.29) is 11.9 Å². The molecular formula is C20H21N3O2S. The number of carbonyl (C=O) groups is 1. The van der Waals surface area contributed by atoms with Crippen molar-refractivity contribution >= 4 is 23.2 Å². The number of nitrogens with one attached hydrogen (secondary N) is 3. The van der Waals surface area contributed by atoms with Crippen molar-refractivity contribution in [1.29, 1.82) is 0 Å². The van der Waals surface area contributed by atoms with Crippen molar-refractivity contribution in [3.8, 4) is 5.75 Å². The highest BCUT2D eigenvalue weighted by atomic mass is 32.1.